The molecule has 4 nitrogen and oxygen atoms in total. The van der Waals surface area contributed by atoms with Crippen molar-refractivity contribution in [2.45, 2.75) is 38.7 Å². The topological polar surface area (TPSA) is 59.3 Å². The van der Waals surface area contributed by atoms with Crippen LogP contribution in [-0.2, 0) is 0 Å². The minimum absolute atomic E-state index is 0.0652. The van der Waals surface area contributed by atoms with Gasteiger partial charge in [0.1, 0.15) is 0 Å². The molecule has 1 fully saturated rings. The number of nitrogens with one attached hydrogen (secondary N) is 1. The third kappa shape index (κ3) is 3.12. The fraction of sp³-hybridized carbons (Fsp3) is 0.526. The Morgan fingerprint density at radius 3 is 3.00 bits per heavy atom. The highest BCUT2D eigenvalue weighted by molar-refractivity contribution is 5.55. The first-order chi connectivity index (χ1) is 11.2. The minimum Gasteiger partial charge on any atom is -0.388 e. The van der Waals surface area contributed by atoms with E-state index in [2.05, 4.69) is 23.2 Å². The molecule has 0 aliphatic carbocycles. The average molecular weight is 311 g/mol. The quantitative estimate of drug-likeness (QED) is 0.834. The van der Waals surface area contributed by atoms with Gasteiger partial charge < -0.3 is 15.3 Å². The van der Waals surface area contributed by atoms with Crippen molar-refractivity contribution in [3.63, 3.8) is 0 Å². The first-order valence-electron chi connectivity index (χ1n) is 8.55. The molecule has 0 aromatic heterocycles. The maximum absolute atomic E-state index is 10.6. The summed E-state index contributed by atoms with van der Waals surface area (Å²) in [6, 6.07) is 10.3. The van der Waals surface area contributed by atoms with Gasteiger partial charge in [0.25, 0.3) is 0 Å². The molecule has 3 atom stereocenters. The fourth-order valence-electron chi connectivity index (χ4n) is 3.95. The van der Waals surface area contributed by atoms with Crippen molar-refractivity contribution in [3.05, 3.63) is 41.6 Å². The van der Waals surface area contributed by atoms with E-state index in [1.54, 1.807) is 0 Å². The zero-order valence-electron chi connectivity index (χ0n) is 13.8. The number of fused-ring (bicyclic) bond motifs is 3. The van der Waals surface area contributed by atoms with Crippen molar-refractivity contribution in [3.8, 4) is 6.07 Å². The van der Waals surface area contributed by atoms with E-state index in [1.165, 1.54) is 0 Å². The van der Waals surface area contributed by atoms with Gasteiger partial charge in [-0.1, -0.05) is 25.1 Å². The molecule has 2 N–H and O–H groups in total. The van der Waals surface area contributed by atoms with Crippen molar-refractivity contribution < 1.29 is 5.11 Å². The van der Waals surface area contributed by atoms with Crippen LogP contribution in [0.2, 0.25) is 0 Å². The average Bonchev–Trinajstić information content (AvgIpc) is 2.61. The molecular weight excluding hydrogens is 286 g/mol. The van der Waals surface area contributed by atoms with E-state index >= 15 is 0 Å². The third-order valence-electron chi connectivity index (χ3n) is 5.44. The maximum atomic E-state index is 10.6. The Kier molecular flexibility index (Phi) is 4.70. The molecule has 122 valence electrons. The number of piperidine rings is 1. The van der Waals surface area contributed by atoms with Crippen molar-refractivity contribution in [1.82, 2.24) is 4.90 Å². The standard InChI is InChI=1S/C19H25N3O/c1-2-19-9-5-10-22(14-19)11-8-18(23)16-6-3-4-7-17(16)21-13-15(19)12-20/h3-4,6-7,13,18,21,23H,2,5,8-11,14H2,1H3/b15-13+/t18?,19-/m1/s1. The van der Waals surface area contributed by atoms with Crippen LogP contribution in [0.3, 0.4) is 0 Å². The number of nitriles is 1. The largest absolute Gasteiger partial charge is 0.388 e. The van der Waals surface area contributed by atoms with E-state index < -0.39 is 6.10 Å². The van der Waals surface area contributed by atoms with Crippen molar-refractivity contribution >= 4 is 5.69 Å². The summed E-state index contributed by atoms with van der Waals surface area (Å²) < 4.78 is 0. The highest BCUT2D eigenvalue weighted by Gasteiger charge is 2.38. The van der Waals surface area contributed by atoms with Gasteiger partial charge in [0.2, 0.25) is 0 Å². The van der Waals surface area contributed by atoms with Gasteiger partial charge in [-0.2, -0.15) is 5.26 Å². The van der Waals surface area contributed by atoms with Gasteiger partial charge in [0.05, 0.1) is 17.7 Å². The van der Waals surface area contributed by atoms with Gasteiger partial charge in [-0.05, 0) is 38.3 Å². The van der Waals surface area contributed by atoms with Crippen LogP contribution in [0.1, 0.15) is 44.3 Å². The summed E-state index contributed by atoms with van der Waals surface area (Å²) in [6.45, 7) is 5.02. The lowest BCUT2D eigenvalue weighted by Gasteiger charge is -2.42. The van der Waals surface area contributed by atoms with Gasteiger partial charge in [-0.15, -0.1) is 0 Å². The van der Waals surface area contributed by atoms with Gasteiger partial charge in [0.15, 0.2) is 0 Å². The summed E-state index contributed by atoms with van der Waals surface area (Å²) in [5, 5.41) is 23.6. The predicted octanol–water partition coefficient (Wildman–Crippen LogP) is 3.44. The van der Waals surface area contributed by atoms with Crippen LogP contribution in [0.4, 0.5) is 5.69 Å². The molecule has 0 radical (unpaired) electrons. The van der Waals surface area contributed by atoms with E-state index in [0.717, 1.165) is 62.1 Å². The number of nitrogens with zero attached hydrogens (tertiary/aromatic N) is 2. The molecular formula is C19H25N3O. The zero-order chi connectivity index (χ0) is 16.3. The summed E-state index contributed by atoms with van der Waals surface area (Å²) in [7, 11) is 0. The second-order valence-electron chi connectivity index (χ2n) is 6.72. The molecule has 1 aromatic carbocycles. The molecule has 23 heavy (non-hydrogen) atoms. The Morgan fingerprint density at radius 1 is 1.39 bits per heavy atom. The summed E-state index contributed by atoms with van der Waals surface area (Å²) in [6.07, 6.45) is 5.24. The van der Waals surface area contributed by atoms with Crippen molar-refractivity contribution in [2.75, 3.05) is 25.0 Å². The van der Waals surface area contributed by atoms with Gasteiger partial charge in [-0.3, -0.25) is 0 Å². The Labute approximate surface area is 138 Å². The normalized spacial score (nSPS) is 33.2. The maximum Gasteiger partial charge on any atom is 0.0968 e. The van der Waals surface area contributed by atoms with E-state index in [0.29, 0.717) is 0 Å². The molecule has 3 rings (SSSR count). The Morgan fingerprint density at radius 2 is 2.22 bits per heavy atom. The van der Waals surface area contributed by atoms with E-state index in [-0.39, 0.29) is 5.41 Å². The molecule has 0 amide bonds. The molecule has 2 heterocycles. The molecule has 4 heteroatoms. The lowest BCUT2D eigenvalue weighted by Crippen LogP contribution is -2.44. The second kappa shape index (κ2) is 6.74. The number of hydrogen-bond acceptors (Lipinski definition) is 4. The van der Waals surface area contributed by atoms with Crippen LogP contribution in [0.5, 0.6) is 0 Å². The molecule has 1 aromatic rings. The Balaban J connectivity index is 2.03. The molecule has 2 bridgehead atoms. The second-order valence-corrected chi connectivity index (χ2v) is 6.72. The zero-order valence-corrected chi connectivity index (χ0v) is 13.8. The van der Waals surface area contributed by atoms with Gasteiger partial charge in [-0.25, -0.2) is 0 Å². The van der Waals surface area contributed by atoms with E-state index in [4.69, 9.17) is 0 Å². The highest BCUT2D eigenvalue weighted by Crippen LogP contribution is 2.41. The lowest BCUT2D eigenvalue weighted by molar-refractivity contribution is 0.0897. The molecule has 0 spiro atoms. The molecule has 2 aliphatic rings. The highest BCUT2D eigenvalue weighted by atomic mass is 16.3. The minimum atomic E-state index is -0.478. The van der Waals surface area contributed by atoms with Crippen LogP contribution < -0.4 is 5.32 Å². The van der Waals surface area contributed by atoms with Gasteiger partial charge in [0, 0.05) is 36.0 Å². The number of hydrogen-bond donors (Lipinski definition) is 2. The Bertz CT molecular complexity index is 634. The number of benzene rings is 1. The van der Waals surface area contributed by atoms with Crippen molar-refractivity contribution in [2.24, 2.45) is 5.41 Å². The van der Waals surface area contributed by atoms with Crippen LogP contribution in [0.25, 0.3) is 0 Å². The number of aliphatic hydroxyl groups is 1. The van der Waals surface area contributed by atoms with Crippen LogP contribution in [0, 0.1) is 16.7 Å². The summed E-state index contributed by atoms with van der Waals surface area (Å²) in [5.41, 5.74) is 2.56. The third-order valence-corrected chi connectivity index (χ3v) is 5.44. The summed E-state index contributed by atoms with van der Waals surface area (Å²) in [4.78, 5) is 2.41. The summed E-state index contributed by atoms with van der Waals surface area (Å²) >= 11 is 0. The number of rotatable bonds is 1. The first kappa shape index (κ1) is 16.0. The molecule has 2 unspecified atom stereocenters. The Hall–Kier alpha value is -1.83. The monoisotopic (exact) mass is 311 g/mol. The van der Waals surface area contributed by atoms with Crippen LogP contribution in [-0.4, -0.2) is 29.6 Å². The lowest BCUT2D eigenvalue weighted by atomic mass is 9.72. The molecule has 2 aliphatic heterocycles. The number of anilines is 1. The fourth-order valence-corrected chi connectivity index (χ4v) is 3.95. The summed E-state index contributed by atoms with van der Waals surface area (Å²) in [5.74, 6) is 0. The number of para-hydroxylation sites is 1. The van der Waals surface area contributed by atoms with Crippen LogP contribution in [0.15, 0.2) is 36.0 Å². The smallest absolute Gasteiger partial charge is 0.0968 e. The van der Waals surface area contributed by atoms with Crippen LogP contribution >= 0.6 is 0 Å². The molecule has 1 saturated heterocycles. The number of aliphatic hydroxyl groups excluding tert-OH is 1. The first-order valence-corrected chi connectivity index (χ1v) is 8.55. The van der Waals surface area contributed by atoms with Crippen molar-refractivity contribution in [1.29, 1.82) is 5.26 Å². The molecule has 0 saturated carbocycles. The van der Waals surface area contributed by atoms with Gasteiger partial charge >= 0.3 is 0 Å². The van der Waals surface area contributed by atoms with E-state index in [1.807, 2.05) is 30.5 Å². The predicted molar refractivity (Wildman–Crippen MR) is 91.7 cm³/mol. The SMILES string of the molecule is CC[C@]12CCCN(CCC(O)c3ccccc3N/C=C/1C#N)C2. The van der Waals surface area contributed by atoms with E-state index in [9.17, 15) is 10.4 Å².